The van der Waals surface area contributed by atoms with Crippen LogP contribution in [0.4, 0.5) is 11.4 Å². The summed E-state index contributed by atoms with van der Waals surface area (Å²) in [4.78, 5) is 22.9. The average Bonchev–Trinajstić information content (AvgIpc) is 2.83. The minimum absolute atomic E-state index is 0.0132. The van der Waals surface area contributed by atoms with Crippen molar-refractivity contribution in [3.8, 4) is 0 Å². The molecular formula is C13H16N2O4. The van der Waals surface area contributed by atoms with E-state index >= 15 is 0 Å². The third-order valence-electron chi connectivity index (χ3n) is 2.99. The molecule has 0 saturated carbocycles. The van der Waals surface area contributed by atoms with Crippen LogP contribution in [0.3, 0.4) is 0 Å². The maximum absolute atomic E-state index is 11.8. The van der Waals surface area contributed by atoms with Crippen molar-refractivity contribution in [2.45, 2.75) is 25.4 Å². The second kappa shape index (κ2) is 5.71. The van der Waals surface area contributed by atoms with Crippen molar-refractivity contribution in [1.29, 1.82) is 0 Å². The lowest BCUT2D eigenvalue weighted by Crippen LogP contribution is -2.20. The van der Waals surface area contributed by atoms with Crippen LogP contribution in [0.2, 0.25) is 0 Å². The topological polar surface area (TPSA) is 102 Å². The molecule has 6 heteroatoms. The number of carboxylic acids is 1. The summed E-state index contributed by atoms with van der Waals surface area (Å²) in [5.41, 5.74) is 6.12. The first kappa shape index (κ1) is 13.4. The van der Waals surface area contributed by atoms with Gasteiger partial charge in [-0.15, -0.1) is 0 Å². The number of hydrogen-bond acceptors (Lipinski definition) is 4. The molecule has 1 aliphatic rings. The van der Waals surface area contributed by atoms with Crippen LogP contribution in [0, 0.1) is 0 Å². The number of benzene rings is 1. The van der Waals surface area contributed by atoms with Crippen LogP contribution in [-0.2, 0) is 9.53 Å². The summed E-state index contributed by atoms with van der Waals surface area (Å²) in [6.07, 6.45) is 1.99. The van der Waals surface area contributed by atoms with E-state index in [1.54, 1.807) is 6.07 Å². The van der Waals surface area contributed by atoms with Crippen LogP contribution in [0.15, 0.2) is 18.2 Å². The fraction of sp³-hybridized carbons (Fsp3) is 0.385. The lowest BCUT2D eigenvalue weighted by Gasteiger charge is -2.12. The molecule has 0 spiro atoms. The maximum Gasteiger partial charge on any atom is 0.337 e. The van der Waals surface area contributed by atoms with Gasteiger partial charge in [0.15, 0.2) is 0 Å². The van der Waals surface area contributed by atoms with E-state index in [1.165, 1.54) is 12.1 Å². The van der Waals surface area contributed by atoms with Crippen molar-refractivity contribution in [3.05, 3.63) is 23.8 Å². The summed E-state index contributed by atoms with van der Waals surface area (Å²) in [7, 11) is 0. The summed E-state index contributed by atoms with van der Waals surface area (Å²) in [5, 5.41) is 11.6. The molecule has 0 aromatic heterocycles. The van der Waals surface area contributed by atoms with Crippen LogP contribution < -0.4 is 11.1 Å². The highest BCUT2D eigenvalue weighted by Crippen LogP contribution is 2.21. The Labute approximate surface area is 110 Å². The van der Waals surface area contributed by atoms with Gasteiger partial charge in [-0.1, -0.05) is 0 Å². The van der Waals surface area contributed by atoms with E-state index < -0.39 is 5.97 Å². The molecule has 0 bridgehead atoms. The van der Waals surface area contributed by atoms with Crippen LogP contribution in [-0.4, -0.2) is 29.7 Å². The smallest absolute Gasteiger partial charge is 0.337 e. The van der Waals surface area contributed by atoms with Crippen LogP contribution in [0.5, 0.6) is 0 Å². The van der Waals surface area contributed by atoms with Crippen molar-refractivity contribution in [3.63, 3.8) is 0 Å². The zero-order valence-corrected chi connectivity index (χ0v) is 10.4. The van der Waals surface area contributed by atoms with Crippen LogP contribution >= 0.6 is 0 Å². The standard InChI is InChI=1S/C13H16N2O4/c14-8-3-4-11(10(6-8)13(17)18)15-12(16)7-9-2-1-5-19-9/h3-4,6,9H,1-2,5,7,14H2,(H,15,16)(H,17,18). The van der Waals surface area contributed by atoms with Gasteiger partial charge in [-0.05, 0) is 31.0 Å². The molecular weight excluding hydrogens is 248 g/mol. The number of nitrogens with one attached hydrogen (secondary N) is 1. The quantitative estimate of drug-likeness (QED) is 0.715. The Morgan fingerprint density at radius 1 is 1.47 bits per heavy atom. The molecule has 1 amide bonds. The number of amides is 1. The Kier molecular flexibility index (Phi) is 4.01. The second-order valence-corrected chi connectivity index (χ2v) is 4.50. The van der Waals surface area contributed by atoms with Crippen molar-refractivity contribution in [2.75, 3.05) is 17.7 Å². The first-order valence-electron chi connectivity index (χ1n) is 6.10. The molecule has 1 heterocycles. The fourth-order valence-electron chi connectivity index (χ4n) is 2.06. The monoisotopic (exact) mass is 264 g/mol. The van der Waals surface area contributed by atoms with Crippen molar-refractivity contribution < 1.29 is 19.4 Å². The Morgan fingerprint density at radius 2 is 2.26 bits per heavy atom. The van der Waals surface area contributed by atoms with Gasteiger partial charge in [0.05, 0.1) is 23.8 Å². The molecule has 1 aromatic rings. The molecule has 1 atom stereocenters. The zero-order chi connectivity index (χ0) is 13.8. The second-order valence-electron chi connectivity index (χ2n) is 4.50. The molecule has 6 nitrogen and oxygen atoms in total. The van der Waals surface area contributed by atoms with Gasteiger partial charge in [0.2, 0.25) is 5.91 Å². The van der Waals surface area contributed by atoms with E-state index in [9.17, 15) is 9.59 Å². The average molecular weight is 264 g/mol. The lowest BCUT2D eigenvalue weighted by atomic mass is 10.1. The van der Waals surface area contributed by atoms with Crippen molar-refractivity contribution in [2.24, 2.45) is 0 Å². The number of nitrogens with two attached hydrogens (primary N) is 1. The van der Waals surface area contributed by atoms with Gasteiger partial charge < -0.3 is 20.9 Å². The van der Waals surface area contributed by atoms with Gasteiger partial charge in [0.1, 0.15) is 0 Å². The first-order valence-corrected chi connectivity index (χ1v) is 6.10. The molecule has 1 saturated heterocycles. The summed E-state index contributed by atoms with van der Waals surface area (Å²) < 4.78 is 5.36. The predicted molar refractivity (Wildman–Crippen MR) is 70.0 cm³/mol. The Balaban J connectivity index is 2.05. The number of nitrogen functional groups attached to an aromatic ring is 1. The van der Waals surface area contributed by atoms with E-state index in [0.717, 1.165) is 12.8 Å². The van der Waals surface area contributed by atoms with E-state index in [2.05, 4.69) is 5.32 Å². The van der Waals surface area contributed by atoms with Crippen LogP contribution in [0.1, 0.15) is 29.6 Å². The van der Waals surface area contributed by atoms with Gasteiger partial charge in [-0.3, -0.25) is 4.79 Å². The third kappa shape index (κ3) is 3.45. The highest BCUT2D eigenvalue weighted by molar-refractivity contribution is 6.01. The number of hydrogen-bond donors (Lipinski definition) is 3. The molecule has 2 rings (SSSR count). The number of carbonyl (C=O) groups is 2. The highest BCUT2D eigenvalue weighted by Gasteiger charge is 2.20. The summed E-state index contributed by atoms with van der Waals surface area (Å²) in [6.45, 7) is 0.681. The number of anilines is 2. The molecule has 19 heavy (non-hydrogen) atoms. The summed E-state index contributed by atoms with van der Waals surface area (Å²) in [6, 6.07) is 4.37. The van der Waals surface area contributed by atoms with Gasteiger partial charge in [-0.25, -0.2) is 4.79 Å². The Hall–Kier alpha value is -2.08. The molecule has 4 N–H and O–H groups in total. The van der Waals surface area contributed by atoms with E-state index in [4.69, 9.17) is 15.6 Å². The largest absolute Gasteiger partial charge is 0.478 e. The number of carbonyl (C=O) groups excluding carboxylic acids is 1. The Bertz CT molecular complexity index is 495. The number of rotatable bonds is 4. The predicted octanol–water partition coefficient (Wildman–Crippen LogP) is 1.47. The van der Waals surface area contributed by atoms with Crippen LogP contribution in [0.25, 0.3) is 0 Å². The molecule has 1 aliphatic heterocycles. The number of aromatic carboxylic acids is 1. The van der Waals surface area contributed by atoms with E-state index in [1.807, 2.05) is 0 Å². The minimum Gasteiger partial charge on any atom is -0.478 e. The van der Waals surface area contributed by atoms with E-state index in [0.29, 0.717) is 12.3 Å². The molecule has 1 fully saturated rings. The summed E-state index contributed by atoms with van der Waals surface area (Å²) in [5.74, 6) is -1.38. The van der Waals surface area contributed by atoms with Gasteiger partial charge in [-0.2, -0.15) is 0 Å². The fourth-order valence-corrected chi connectivity index (χ4v) is 2.06. The minimum atomic E-state index is -1.13. The van der Waals surface area contributed by atoms with Gasteiger partial charge in [0.25, 0.3) is 0 Å². The van der Waals surface area contributed by atoms with E-state index in [-0.39, 0.29) is 29.7 Å². The normalized spacial score (nSPS) is 18.2. The van der Waals surface area contributed by atoms with Gasteiger partial charge >= 0.3 is 5.97 Å². The summed E-state index contributed by atoms with van der Waals surface area (Å²) >= 11 is 0. The maximum atomic E-state index is 11.8. The Morgan fingerprint density at radius 3 is 2.89 bits per heavy atom. The number of carboxylic acid groups (broad SMARTS) is 1. The third-order valence-corrected chi connectivity index (χ3v) is 2.99. The first-order chi connectivity index (χ1) is 9.06. The van der Waals surface area contributed by atoms with Crippen molar-refractivity contribution in [1.82, 2.24) is 0 Å². The van der Waals surface area contributed by atoms with Crippen molar-refractivity contribution >= 4 is 23.3 Å². The number of ether oxygens (including phenoxy) is 1. The molecule has 0 aliphatic carbocycles. The molecule has 1 aromatic carbocycles. The molecule has 102 valence electrons. The van der Waals surface area contributed by atoms with Gasteiger partial charge in [0, 0.05) is 12.3 Å². The zero-order valence-electron chi connectivity index (χ0n) is 10.4. The molecule has 1 unspecified atom stereocenters. The SMILES string of the molecule is Nc1ccc(NC(=O)CC2CCCO2)c(C(=O)O)c1. The molecule has 0 radical (unpaired) electrons. The highest BCUT2D eigenvalue weighted by atomic mass is 16.5. The lowest BCUT2D eigenvalue weighted by molar-refractivity contribution is -0.118.